The molecular weight excluding hydrogens is 178 g/mol. The van der Waals surface area contributed by atoms with Gasteiger partial charge in [-0.1, -0.05) is 0 Å². The van der Waals surface area contributed by atoms with Gasteiger partial charge in [-0.25, -0.2) is 0 Å². The standard InChI is InChI=1S/C11H19NO2/c12-10-6-1-2-7(3-6)11(10)4-8(13)9(14)5-11/h6-10,13-14H,1-5,12H2/t6-,7+,8+,9?,10-,11?/m0/s1. The smallest absolute Gasteiger partial charge is 0.0805 e. The molecule has 3 fully saturated rings. The number of hydrogen-bond acceptors (Lipinski definition) is 3. The quantitative estimate of drug-likeness (QED) is 0.521. The first-order valence-corrected chi connectivity index (χ1v) is 5.75. The molecule has 3 aliphatic rings. The Morgan fingerprint density at radius 2 is 1.71 bits per heavy atom. The van der Waals surface area contributed by atoms with Gasteiger partial charge in [0, 0.05) is 6.04 Å². The molecule has 3 heteroatoms. The van der Waals surface area contributed by atoms with Crippen LogP contribution in [0.4, 0.5) is 0 Å². The van der Waals surface area contributed by atoms with Crippen LogP contribution in [0.3, 0.4) is 0 Å². The van der Waals surface area contributed by atoms with Crippen molar-refractivity contribution in [2.24, 2.45) is 23.0 Å². The lowest BCUT2D eigenvalue weighted by Gasteiger charge is -2.39. The van der Waals surface area contributed by atoms with Gasteiger partial charge in [-0.05, 0) is 49.4 Å². The summed E-state index contributed by atoms with van der Waals surface area (Å²) in [6.07, 6.45) is 4.17. The van der Waals surface area contributed by atoms with Crippen LogP contribution < -0.4 is 5.73 Å². The van der Waals surface area contributed by atoms with E-state index in [-0.39, 0.29) is 11.5 Å². The van der Waals surface area contributed by atoms with E-state index >= 15 is 0 Å². The summed E-state index contributed by atoms with van der Waals surface area (Å²) in [7, 11) is 0. The fraction of sp³-hybridized carbons (Fsp3) is 1.00. The molecule has 3 aliphatic carbocycles. The summed E-state index contributed by atoms with van der Waals surface area (Å²) in [5.74, 6) is 1.34. The zero-order valence-electron chi connectivity index (χ0n) is 8.39. The van der Waals surface area contributed by atoms with Crippen molar-refractivity contribution in [2.75, 3.05) is 0 Å². The van der Waals surface area contributed by atoms with Gasteiger partial charge in [0.05, 0.1) is 12.2 Å². The highest BCUT2D eigenvalue weighted by Gasteiger charge is 2.60. The summed E-state index contributed by atoms with van der Waals surface area (Å²) in [5, 5.41) is 19.3. The molecular formula is C11H19NO2. The van der Waals surface area contributed by atoms with Gasteiger partial charge in [0.1, 0.15) is 0 Å². The van der Waals surface area contributed by atoms with E-state index in [0.717, 1.165) is 12.8 Å². The highest BCUT2D eigenvalue weighted by Crippen LogP contribution is 2.61. The Kier molecular flexibility index (Phi) is 1.77. The molecule has 0 aromatic heterocycles. The fourth-order valence-electron chi connectivity index (χ4n) is 4.35. The minimum atomic E-state index is -0.527. The number of nitrogens with two attached hydrogens (primary N) is 1. The fourth-order valence-corrected chi connectivity index (χ4v) is 4.35. The maximum atomic E-state index is 9.66. The van der Waals surface area contributed by atoms with Crippen LogP contribution in [-0.4, -0.2) is 28.5 Å². The second-order valence-corrected chi connectivity index (χ2v) is 5.57. The molecule has 2 bridgehead atoms. The van der Waals surface area contributed by atoms with E-state index in [1.807, 2.05) is 0 Å². The summed E-state index contributed by atoms with van der Waals surface area (Å²) in [5.41, 5.74) is 6.35. The van der Waals surface area contributed by atoms with Gasteiger partial charge in [-0.2, -0.15) is 0 Å². The first kappa shape index (κ1) is 9.13. The number of aliphatic hydroxyl groups excluding tert-OH is 2. The van der Waals surface area contributed by atoms with Crippen LogP contribution in [0.2, 0.25) is 0 Å². The minimum absolute atomic E-state index is 0.0851. The molecule has 80 valence electrons. The Morgan fingerprint density at radius 3 is 2.21 bits per heavy atom. The van der Waals surface area contributed by atoms with E-state index in [2.05, 4.69) is 0 Å². The maximum absolute atomic E-state index is 9.66. The van der Waals surface area contributed by atoms with Crippen LogP contribution in [0, 0.1) is 17.3 Å². The Bertz CT molecular complexity index is 242. The van der Waals surface area contributed by atoms with E-state index in [9.17, 15) is 10.2 Å². The van der Waals surface area contributed by atoms with Crippen molar-refractivity contribution in [1.82, 2.24) is 0 Å². The van der Waals surface area contributed by atoms with Gasteiger partial charge < -0.3 is 15.9 Å². The predicted molar refractivity (Wildman–Crippen MR) is 52.5 cm³/mol. The summed E-state index contributed by atoms with van der Waals surface area (Å²) >= 11 is 0. The molecule has 0 aromatic carbocycles. The van der Waals surface area contributed by atoms with Crippen molar-refractivity contribution in [2.45, 2.75) is 50.4 Å². The average Bonchev–Trinajstić information content (AvgIpc) is 2.76. The van der Waals surface area contributed by atoms with Gasteiger partial charge in [0.15, 0.2) is 0 Å². The molecule has 0 heterocycles. The highest BCUT2D eigenvalue weighted by atomic mass is 16.3. The topological polar surface area (TPSA) is 66.5 Å². The minimum Gasteiger partial charge on any atom is -0.390 e. The molecule has 0 aromatic rings. The number of aliphatic hydroxyl groups is 2. The Hall–Kier alpha value is -0.120. The van der Waals surface area contributed by atoms with Gasteiger partial charge in [0.2, 0.25) is 0 Å². The van der Waals surface area contributed by atoms with E-state index < -0.39 is 12.2 Å². The lowest BCUT2D eigenvalue weighted by molar-refractivity contribution is 0.0438. The molecule has 0 aliphatic heterocycles. The molecule has 2 unspecified atom stereocenters. The Morgan fingerprint density at radius 1 is 1.07 bits per heavy atom. The lowest BCUT2D eigenvalue weighted by Crippen LogP contribution is -2.45. The molecule has 6 atom stereocenters. The maximum Gasteiger partial charge on any atom is 0.0805 e. The van der Waals surface area contributed by atoms with Crippen LogP contribution >= 0.6 is 0 Å². The summed E-state index contributed by atoms with van der Waals surface area (Å²) in [6, 6.07) is 0.230. The van der Waals surface area contributed by atoms with Crippen LogP contribution in [0.15, 0.2) is 0 Å². The molecule has 4 N–H and O–H groups in total. The summed E-state index contributed by atoms with van der Waals surface area (Å²) in [6.45, 7) is 0. The second kappa shape index (κ2) is 2.71. The monoisotopic (exact) mass is 197 g/mol. The van der Waals surface area contributed by atoms with Crippen LogP contribution in [0.5, 0.6) is 0 Å². The first-order valence-electron chi connectivity index (χ1n) is 5.75. The van der Waals surface area contributed by atoms with Crippen LogP contribution in [-0.2, 0) is 0 Å². The van der Waals surface area contributed by atoms with Gasteiger partial charge in [-0.15, -0.1) is 0 Å². The molecule has 0 radical (unpaired) electrons. The molecule has 3 nitrogen and oxygen atoms in total. The normalized spacial score (nSPS) is 61.5. The van der Waals surface area contributed by atoms with E-state index in [4.69, 9.17) is 5.73 Å². The van der Waals surface area contributed by atoms with Crippen LogP contribution in [0.1, 0.15) is 32.1 Å². The van der Waals surface area contributed by atoms with E-state index in [1.165, 1.54) is 19.3 Å². The van der Waals surface area contributed by atoms with Gasteiger partial charge in [0.25, 0.3) is 0 Å². The largest absolute Gasteiger partial charge is 0.390 e. The van der Waals surface area contributed by atoms with Gasteiger partial charge >= 0.3 is 0 Å². The third kappa shape index (κ3) is 0.930. The zero-order chi connectivity index (χ0) is 9.92. The molecule has 0 saturated heterocycles. The van der Waals surface area contributed by atoms with Crippen molar-refractivity contribution in [1.29, 1.82) is 0 Å². The van der Waals surface area contributed by atoms with Gasteiger partial charge in [-0.3, -0.25) is 0 Å². The van der Waals surface area contributed by atoms with Crippen molar-refractivity contribution in [3.63, 3.8) is 0 Å². The van der Waals surface area contributed by atoms with Crippen molar-refractivity contribution >= 4 is 0 Å². The van der Waals surface area contributed by atoms with E-state index in [1.54, 1.807) is 0 Å². The first-order chi connectivity index (χ1) is 6.63. The zero-order valence-corrected chi connectivity index (χ0v) is 8.39. The molecule has 0 amide bonds. The average molecular weight is 197 g/mol. The second-order valence-electron chi connectivity index (χ2n) is 5.57. The molecule has 3 saturated carbocycles. The third-order valence-electron chi connectivity index (χ3n) is 5.08. The molecule has 1 spiro atoms. The Labute approximate surface area is 84.3 Å². The Balaban J connectivity index is 1.91. The van der Waals surface area contributed by atoms with Crippen molar-refractivity contribution in [3.8, 4) is 0 Å². The lowest BCUT2D eigenvalue weighted by atomic mass is 9.69. The SMILES string of the molecule is N[C@H]1[C@H]2CC[C@H](C2)C12CC(O)[C@H](O)C2. The molecule has 14 heavy (non-hydrogen) atoms. The number of fused-ring (bicyclic) bond motifs is 3. The van der Waals surface area contributed by atoms with Crippen molar-refractivity contribution in [3.05, 3.63) is 0 Å². The number of hydrogen-bond donors (Lipinski definition) is 3. The molecule has 3 rings (SSSR count). The summed E-state index contributed by atoms with van der Waals surface area (Å²) < 4.78 is 0. The predicted octanol–water partition coefficient (Wildman–Crippen LogP) is 0.246. The van der Waals surface area contributed by atoms with E-state index in [0.29, 0.717) is 11.8 Å². The third-order valence-corrected chi connectivity index (χ3v) is 5.08. The summed E-state index contributed by atoms with van der Waals surface area (Å²) in [4.78, 5) is 0. The highest BCUT2D eigenvalue weighted by molar-refractivity contribution is 5.13. The number of rotatable bonds is 0. The van der Waals surface area contributed by atoms with Crippen molar-refractivity contribution < 1.29 is 10.2 Å². The van der Waals surface area contributed by atoms with Crippen LogP contribution in [0.25, 0.3) is 0 Å².